The Labute approximate surface area is 207 Å². The Balaban J connectivity index is 2.40. The molecule has 2 rings (SSSR count). The van der Waals surface area contributed by atoms with Crippen LogP contribution in [0, 0.1) is 6.92 Å². The van der Waals surface area contributed by atoms with Crippen LogP contribution in [0.5, 0.6) is 0 Å². The van der Waals surface area contributed by atoms with Crippen molar-refractivity contribution in [3.05, 3.63) is 65.2 Å². The van der Waals surface area contributed by atoms with Crippen molar-refractivity contribution < 1.29 is 24.2 Å². The van der Waals surface area contributed by atoms with Gasteiger partial charge in [-0.3, -0.25) is 9.59 Å². The molecule has 0 aliphatic heterocycles. The number of para-hydroxylation sites is 1. The number of benzene rings is 2. The second kappa shape index (κ2) is 12.4. The van der Waals surface area contributed by atoms with Crippen molar-refractivity contribution in [2.45, 2.75) is 65.6 Å². The van der Waals surface area contributed by atoms with Crippen LogP contribution < -0.4 is 10.6 Å². The van der Waals surface area contributed by atoms with Crippen molar-refractivity contribution in [1.29, 1.82) is 0 Å². The van der Waals surface area contributed by atoms with Gasteiger partial charge in [-0.1, -0.05) is 49.4 Å². The van der Waals surface area contributed by atoms with E-state index in [-0.39, 0.29) is 13.2 Å². The molecule has 0 saturated carbocycles. The lowest BCUT2D eigenvalue weighted by molar-refractivity contribution is -0.141. The molecule has 2 unspecified atom stereocenters. The zero-order chi connectivity index (χ0) is 26.2. The molecule has 0 bridgehead atoms. The fourth-order valence-corrected chi connectivity index (χ4v) is 3.59. The topological polar surface area (TPSA) is 108 Å². The smallest absolute Gasteiger partial charge is 0.408 e. The van der Waals surface area contributed by atoms with Crippen LogP contribution in [0.25, 0.3) is 0 Å². The number of alkyl carbamates (subject to hydrolysis) is 1. The van der Waals surface area contributed by atoms with E-state index in [0.717, 1.165) is 17.5 Å². The molecule has 8 heteroatoms. The number of aliphatic hydroxyl groups excluding tert-OH is 1. The number of amides is 3. The zero-order valence-electron chi connectivity index (χ0n) is 21.4. The molecule has 0 aliphatic carbocycles. The summed E-state index contributed by atoms with van der Waals surface area (Å²) in [5.74, 6) is -0.941. The molecule has 0 aliphatic rings. The molecule has 0 fully saturated rings. The largest absolute Gasteiger partial charge is 0.444 e. The van der Waals surface area contributed by atoms with Gasteiger partial charge in [0, 0.05) is 12.2 Å². The van der Waals surface area contributed by atoms with Crippen LogP contribution in [-0.4, -0.2) is 52.7 Å². The van der Waals surface area contributed by atoms with E-state index in [1.54, 1.807) is 26.8 Å². The highest BCUT2D eigenvalue weighted by Gasteiger charge is 2.34. The molecule has 0 saturated heterocycles. The highest BCUT2D eigenvalue weighted by molar-refractivity contribution is 5.99. The van der Waals surface area contributed by atoms with Crippen LogP contribution in [0.4, 0.5) is 10.5 Å². The predicted octanol–water partition coefficient (Wildman–Crippen LogP) is 3.97. The van der Waals surface area contributed by atoms with Crippen molar-refractivity contribution in [1.82, 2.24) is 10.2 Å². The van der Waals surface area contributed by atoms with Gasteiger partial charge in [0.1, 0.15) is 17.7 Å². The maximum absolute atomic E-state index is 13.6. The lowest BCUT2D eigenvalue weighted by Crippen LogP contribution is -2.52. The zero-order valence-corrected chi connectivity index (χ0v) is 21.4. The minimum Gasteiger partial charge on any atom is -0.444 e. The minimum absolute atomic E-state index is 0.0967. The van der Waals surface area contributed by atoms with E-state index in [1.807, 2.05) is 56.3 Å². The number of hydrogen-bond donors (Lipinski definition) is 3. The van der Waals surface area contributed by atoms with E-state index in [4.69, 9.17) is 4.74 Å². The molecule has 3 amide bonds. The van der Waals surface area contributed by atoms with Gasteiger partial charge in [0.2, 0.25) is 5.91 Å². The summed E-state index contributed by atoms with van der Waals surface area (Å²) in [6, 6.07) is 12.8. The number of aliphatic hydroxyl groups is 1. The molecule has 3 N–H and O–H groups in total. The fourth-order valence-electron chi connectivity index (χ4n) is 3.59. The van der Waals surface area contributed by atoms with Crippen molar-refractivity contribution >= 4 is 23.6 Å². The average molecular weight is 484 g/mol. The summed E-state index contributed by atoms with van der Waals surface area (Å²) in [7, 11) is 0. The van der Waals surface area contributed by atoms with E-state index in [0.29, 0.717) is 11.3 Å². The number of carbonyl (C=O) groups is 3. The first-order valence-electron chi connectivity index (χ1n) is 11.8. The van der Waals surface area contributed by atoms with Gasteiger partial charge in [-0.05, 0) is 63.8 Å². The summed E-state index contributed by atoms with van der Waals surface area (Å²) in [6.07, 6.45) is 0.0896. The summed E-state index contributed by atoms with van der Waals surface area (Å²) in [6.45, 7) is 10.2. The number of nitrogens with zero attached hydrogens (tertiary/aromatic N) is 1. The third-order valence-electron chi connectivity index (χ3n) is 5.39. The van der Waals surface area contributed by atoms with Gasteiger partial charge < -0.3 is 25.4 Å². The number of rotatable bonds is 9. The number of nitrogens with one attached hydrogen (secondary N) is 2. The first-order valence-corrected chi connectivity index (χ1v) is 11.8. The van der Waals surface area contributed by atoms with Crippen LogP contribution in [0.3, 0.4) is 0 Å². The Morgan fingerprint density at radius 2 is 1.69 bits per heavy atom. The molecule has 2 aromatic rings. The van der Waals surface area contributed by atoms with Crippen molar-refractivity contribution in [2.75, 3.05) is 18.5 Å². The molecule has 0 spiro atoms. The molecule has 0 radical (unpaired) electrons. The Morgan fingerprint density at radius 1 is 1.06 bits per heavy atom. The molecule has 2 atom stereocenters. The first-order chi connectivity index (χ1) is 16.5. The van der Waals surface area contributed by atoms with E-state index in [1.165, 1.54) is 11.8 Å². The average Bonchev–Trinajstić information content (AvgIpc) is 2.79. The molecule has 0 heterocycles. The van der Waals surface area contributed by atoms with Gasteiger partial charge in [-0.25, -0.2) is 4.79 Å². The second-order valence-electron chi connectivity index (χ2n) is 9.42. The van der Waals surface area contributed by atoms with Gasteiger partial charge in [-0.2, -0.15) is 0 Å². The summed E-state index contributed by atoms with van der Waals surface area (Å²) in [4.78, 5) is 40.6. The van der Waals surface area contributed by atoms with E-state index in [2.05, 4.69) is 10.6 Å². The number of ether oxygens (including phenoxy) is 1. The standard InChI is InChI=1S/C27H37N3O5/c1-7-20-12-14-21(15-13-20)23(24(32)29-22-11-9-8-10-18(22)2)30(16-17-31)25(33)19(3)28-26(34)35-27(4,5)6/h8-15,19,23,31H,7,16-17H2,1-6H3,(H,28,34)(H,29,32). The summed E-state index contributed by atoms with van der Waals surface area (Å²) in [5, 5.41) is 15.2. The van der Waals surface area contributed by atoms with Crippen LogP contribution >= 0.6 is 0 Å². The normalized spacial score (nSPS) is 12.9. The van der Waals surface area contributed by atoms with Gasteiger partial charge >= 0.3 is 6.09 Å². The third-order valence-corrected chi connectivity index (χ3v) is 5.39. The quantitative estimate of drug-likeness (QED) is 0.500. The Morgan fingerprint density at radius 3 is 2.23 bits per heavy atom. The van der Waals surface area contributed by atoms with Gasteiger partial charge in [0.05, 0.1) is 6.61 Å². The fraction of sp³-hybridized carbons (Fsp3) is 0.444. The Kier molecular flexibility index (Phi) is 9.83. The molecule has 0 aromatic heterocycles. The van der Waals surface area contributed by atoms with Gasteiger partial charge in [-0.15, -0.1) is 0 Å². The van der Waals surface area contributed by atoms with Crippen molar-refractivity contribution in [3.63, 3.8) is 0 Å². The van der Waals surface area contributed by atoms with Crippen molar-refractivity contribution in [2.24, 2.45) is 0 Å². The SMILES string of the molecule is CCc1ccc(C(C(=O)Nc2ccccc2C)N(CCO)C(=O)C(C)NC(=O)OC(C)(C)C)cc1. The molecule has 8 nitrogen and oxygen atoms in total. The lowest BCUT2D eigenvalue weighted by atomic mass is 10.0. The van der Waals surface area contributed by atoms with Crippen LogP contribution in [0.1, 0.15) is 57.4 Å². The lowest BCUT2D eigenvalue weighted by Gasteiger charge is -2.33. The predicted molar refractivity (Wildman–Crippen MR) is 136 cm³/mol. The van der Waals surface area contributed by atoms with E-state index in [9.17, 15) is 19.5 Å². The van der Waals surface area contributed by atoms with Crippen LogP contribution in [0.2, 0.25) is 0 Å². The molecule has 2 aromatic carbocycles. The summed E-state index contributed by atoms with van der Waals surface area (Å²) >= 11 is 0. The molecule has 35 heavy (non-hydrogen) atoms. The number of carbonyl (C=O) groups excluding carboxylic acids is 3. The monoisotopic (exact) mass is 483 g/mol. The highest BCUT2D eigenvalue weighted by atomic mass is 16.6. The highest BCUT2D eigenvalue weighted by Crippen LogP contribution is 2.25. The second-order valence-corrected chi connectivity index (χ2v) is 9.42. The van der Waals surface area contributed by atoms with E-state index < -0.39 is 35.6 Å². The van der Waals surface area contributed by atoms with Crippen molar-refractivity contribution in [3.8, 4) is 0 Å². The van der Waals surface area contributed by atoms with Crippen LogP contribution in [0.15, 0.2) is 48.5 Å². The number of anilines is 1. The number of aryl methyl sites for hydroxylation is 2. The minimum atomic E-state index is -1.02. The van der Waals surface area contributed by atoms with E-state index >= 15 is 0 Å². The first kappa shape index (κ1) is 27.9. The number of hydrogen-bond acceptors (Lipinski definition) is 5. The Bertz CT molecular complexity index is 1010. The van der Waals surface area contributed by atoms with Gasteiger partial charge in [0.15, 0.2) is 0 Å². The third kappa shape index (κ3) is 8.10. The molecular formula is C27H37N3O5. The molecular weight excluding hydrogens is 446 g/mol. The maximum atomic E-state index is 13.6. The van der Waals surface area contributed by atoms with Gasteiger partial charge in [0.25, 0.3) is 5.91 Å². The maximum Gasteiger partial charge on any atom is 0.408 e. The van der Waals surface area contributed by atoms with Crippen LogP contribution in [-0.2, 0) is 20.7 Å². The summed E-state index contributed by atoms with van der Waals surface area (Å²) < 4.78 is 5.26. The summed E-state index contributed by atoms with van der Waals surface area (Å²) in [5.41, 5.74) is 2.46. The Hall–Kier alpha value is -3.39. The molecule has 190 valence electrons.